The van der Waals surface area contributed by atoms with Gasteiger partial charge in [-0.3, -0.25) is 4.98 Å². The maximum absolute atomic E-state index is 4.92. The van der Waals surface area contributed by atoms with Gasteiger partial charge in [0.2, 0.25) is 0 Å². The van der Waals surface area contributed by atoms with Gasteiger partial charge in [0.25, 0.3) is 0 Å². The number of anilines is 1. The van der Waals surface area contributed by atoms with Crippen molar-refractivity contribution in [3.8, 4) is 11.1 Å². The summed E-state index contributed by atoms with van der Waals surface area (Å²) in [5, 5.41) is 8.30. The molecule has 1 saturated carbocycles. The smallest absolute Gasteiger partial charge is 0.155 e. The van der Waals surface area contributed by atoms with Crippen LogP contribution in [-0.2, 0) is 6.54 Å². The van der Waals surface area contributed by atoms with Crippen molar-refractivity contribution in [2.45, 2.75) is 25.8 Å². The van der Waals surface area contributed by atoms with E-state index >= 15 is 0 Å². The first kappa shape index (κ1) is 16.0. The van der Waals surface area contributed by atoms with E-state index in [1.165, 1.54) is 0 Å². The van der Waals surface area contributed by atoms with E-state index < -0.39 is 0 Å². The van der Waals surface area contributed by atoms with Crippen LogP contribution in [0.3, 0.4) is 0 Å². The van der Waals surface area contributed by atoms with Crippen molar-refractivity contribution in [1.82, 2.24) is 19.6 Å². The minimum absolute atomic E-state index is 0.465. The Bertz CT molecular complexity index is 1070. The van der Waals surface area contributed by atoms with Crippen LogP contribution in [0.15, 0.2) is 67.0 Å². The van der Waals surface area contributed by atoms with E-state index in [0.717, 1.165) is 40.4 Å². The molecule has 4 aromatic rings. The first-order valence-corrected chi connectivity index (χ1v) is 9.38. The van der Waals surface area contributed by atoms with E-state index in [4.69, 9.17) is 10.1 Å². The van der Waals surface area contributed by atoms with Crippen molar-refractivity contribution < 1.29 is 0 Å². The standard InChI is InChI=1S/C22H21N5/c1-15-13-19(15)21-25-22(24-14-17-9-5-6-11-23-17)20-18(10-12-27(20)26-21)16-7-3-2-4-8-16/h2-12,15,19H,13-14H2,1H3,(H,24,25,26)/t15-,19-/m1/s1. The Hall–Kier alpha value is -3.21. The van der Waals surface area contributed by atoms with Crippen LogP contribution in [0.1, 0.15) is 30.8 Å². The Morgan fingerprint density at radius 2 is 1.89 bits per heavy atom. The fourth-order valence-corrected chi connectivity index (χ4v) is 3.53. The first-order chi connectivity index (χ1) is 13.3. The Morgan fingerprint density at radius 1 is 1.07 bits per heavy atom. The summed E-state index contributed by atoms with van der Waals surface area (Å²) in [6, 6.07) is 18.5. The number of pyridine rings is 1. The predicted molar refractivity (Wildman–Crippen MR) is 107 cm³/mol. The van der Waals surface area contributed by atoms with Crippen LogP contribution in [0, 0.1) is 5.92 Å². The molecule has 27 heavy (non-hydrogen) atoms. The lowest BCUT2D eigenvalue weighted by molar-refractivity contribution is 0.771. The summed E-state index contributed by atoms with van der Waals surface area (Å²) in [7, 11) is 0. The summed E-state index contributed by atoms with van der Waals surface area (Å²) in [4.78, 5) is 9.33. The summed E-state index contributed by atoms with van der Waals surface area (Å²) in [5.41, 5.74) is 4.30. The van der Waals surface area contributed by atoms with Crippen molar-refractivity contribution >= 4 is 11.3 Å². The number of hydrogen-bond acceptors (Lipinski definition) is 4. The summed E-state index contributed by atoms with van der Waals surface area (Å²) in [5.74, 6) is 2.92. The van der Waals surface area contributed by atoms with Gasteiger partial charge in [-0.25, -0.2) is 9.50 Å². The maximum atomic E-state index is 4.92. The molecule has 1 aliphatic carbocycles. The molecule has 134 valence electrons. The minimum atomic E-state index is 0.465. The number of rotatable bonds is 5. The molecule has 3 aromatic heterocycles. The summed E-state index contributed by atoms with van der Waals surface area (Å²) >= 11 is 0. The molecule has 0 saturated heterocycles. The molecule has 3 heterocycles. The third-order valence-electron chi connectivity index (χ3n) is 5.22. The van der Waals surface area contributed by atoms with Gasteiger partial charge in [-0.2, -0.15) is 5.10 Å². The maximum Gasteiger partial charge on any atom is 0.155 e. The van der Waals surface area contributed by atoms with Gasteiger partial charge in [0.1, 0.15) is 5.52 Å². The zero-order valence-corrected chi connectivity index (χ0v) is 15.2. The molecule has 0 bridgehead atoms. The largest absolute Gasteiger partial charge is 0.363 e. The molecule has 1 fully saturated rings. The molecule has 0 aliphatic heterocycles. The van der Waals surface area contributed by atoms with Crippen LogP contribution >= 0.6 is 0 Å². The van der Waals surface area contributed by atoms with Gasteiger partial charge in [-0.15, -0.1) is 0 Å². The van der Waals surface area contributed by atoms with E-state index in [0.29, 0.717) is 18.4 Å². The number of aromatic nitrogens is 4. The lowest BCUT2D eigenvalue weighted by Gasteiger charge is -2.11. The Kier molecular flexibility index (Phi) is 3.85. The van der Waals surface area contributed by atoms with Crippen LogP contribution < -0.4 is 5.32 Å². The zero-order chi connectivity index (χ0) is 18.2. The quantitative estimate of drug-likeness (QED) is 0.571. The van der Waals surface area contributed by atoms with Crippen molar-refractivity contribution in [2.24, 2.45) is 5.92 Å². The Labute approximate surface area is 158 Å². The molecule has 0 radical (unpaired) electrons. The third kappa shape index (κ3) is 3.05. The fourth-order valence-electron chi connectivity index (χ4n) is 3.53. The molecule has 0 spiro atoms. The van der Waals surface area contributed by atoms with Crippen molar-refractivity contribution in [3.05, 3.63) is 78.5 Å². The second-order valence-corrected chi connectivity index (χ2v) is 7.20. The van der Waals surface area contributed by atoms with Crippen LogP contribution in [0.2, 0.25) is 0 Å². The Morgan fingerprint density at radius 3 is 2.63 bits per heavy atom. The van der Waals surface area contributed by atoms with E-state index in [2.05, 4.69) is 47.6 Å². The fraction of sp³-hybridized carbons (Fsp3) is 0.227. The molecule has 5 heteroatoms. The number of benzene rings is 1. The zero-order valence-electron chi connectivity index (χ0n) is 15.2. The monoisotopic (exact) mass is 355 g/mol. The molecule has 5 nitrogen and oxygen atoms in total. The molecule has 1 N–H and O–H groups in total. The molecule has 0 unspecified atom stereocenters. The number of fused-ring (bicyclic) bond motifs is 1. The van der Waals surface area contributed by atoms with Crippen LogP contribution in [0.5, 0.6) is 0 Å². The van der Waals surface area contributed by atoms with Crippen molar-refractivity contribution in [3.63, 3.8) is 0 Å². The molecular weight excluding hydrogens is 334 g/mol. The highest BCUT2D eigenvalue weighted by Gasteiger charge is 2.37. The molecule has 1 aromatic carbocycles. The summed E-state index contributed by atoms with van der Waals surface area (Å²) < 4.78 is 1.97. The molecule has 5 rings (SSSR count). The van der Waals surface area contributed by atoms with E-state index in [1.807, 2.05) is 41.2 Å². The van der Waals surface area contributed by atoms with Gasteiger partial charge in [0.15, 0.2) is 11.6 Å². The Balaban J connectivity index is 1.59. The average molecular weight is 355 g/mol. The third-order valence-corrected chi connectivity index (χ3v) is 5.22. The lowest BCUT2D eigenvalue weighted by Crippen LogP contribution is -2.09. The van der Waals surface area contributed by atoms with Gasteiger partial charge in [-0.1, -0.05) is 43.3 Å². The van der Waals surface area contributed by atoms with Crippen molar-refractivity contribution in [1.29, 1.82) is 0 Å². The highest BCUT2D eigenvalue weighted by atomic mass is 15.3. The van der Waals surface area contributed by atoms with E-state index in [1.54, 1.807) is 0 Å². The number of nitrogens with one attached hydrogen (secondary N) is 1. The predicted octanol–water partition coefficient (Wildman–Crippen LogP) is 4.53. The van der Waals surface area contributed by atoms with Gasteiger partial charge in [0, 0.05) is 23.9 Å². The highest BCUT2D eigenvalue weighted by Crippen LogP contribution is 2.46. The number of nitrogens with zero attached hydrogens (tertiary/aromatic N) is 4. The second-order valence-electron chi connectivity index (χ2n) is 7.20. The lowest BCUT2D eigenvalue weighted by atomic mass is 10.1. The summed E-state index contributed by atoms with van der Waals surface area (Å²) in [6.07, 6.45) is 5.01. The average Bonchev–Trinajstić information content (AvgIpc) is 3.30. The van der Waals surface area contributed by atoms with Gasteiger partial charge < -0.3 is 5.32 Å². The molecular formula is C22H21N5. The minimum Gasteiger partial charge on any atom is -0.363 e. The topological polar surface area (TPSA) is 55.1 Å². The summed E-state index contributed by atoms with van der Waals surface area (Å²) in [6.45, 7) is 2.89. The number of hydrogen-bond donors (Lipinski definition) is 1. The first-order valence-electron chi connectivity index (χ1n) is 9.38. The van der Waals surface area contributed by atoms with E-state index in [9.17, 15) is 0 Å². The van der Waals surface area contributed by atoms with E-state index in [-0.39, 0.29) is 0 Å². The van der Waals surface area contributed by atoms with Crippen LogP contribution in [-0.4, -0.2) is 19.6 Å². The van der Waals surface area contributed by atoms with Gasteiger partial charge in [-0.05, 0) is 36.1 Å². The molecule has 1 aliphatic rings. The molecule has 2 atom stereocenters. The molecule has 0 amide bonds. The normalized spacial score (nSPS) is 18.6. The van der Waals surface area contributed by atoms with Crippen LogP contribution in [0.4, 0.5) is 5.82 Å². The van der Waals surface area contributed by atoms with Gasteiger partial charge in [0.05, 0.1) is 12.2 Å². The highest BCUT2D eigenvalue weighted by molar-refractivity contribution is 5.88. The SMILES string of the molecule is C[C@@H]1C[C@H]1c1nc(NCc2ccccn2)c2c(-c3ccccc3)ccn2n1. The van der Waals surface area contributed by atoms with Crippen LogP contribution in [0.25, 0.3) is 16.6 Å². The van der Waals surface area contributed by atoms with Gasteiger partial charge >= 0.3 is 0 Å². The van der Waals surface area contributed by atoms with Crippen molar-refractivity contribution in [2.75, 3.05) is 5.32 Å². The second kappa shape index (κ2) is 6.50.